The minimum absolute atomic E-state index is 0.502. The molecule has 0 aromatic heterocycles. The van der Waals surface area contributed by atoms with Crippen LogP contribution in [0.4, 0.5) is 0 Å². The van der Waals surface area contributed by atoms with Crippen LogP contribution in [0, 0.1) is 0 Å². The van der Waals surface area contributed by atoms with E-state index in [1.807, 2.05) is 44.4 Å². The number of aliphatic hydroxyl groups excluding tert-OH is 1. The molecule has 1 aromatic rings. The van der Waals surface area contributed by atoms with Gasteiger partial charge in [-0.3, -0.25) is 0 Å². The van der Waals surface area contributed by atoms with Gasteiger partial charge in [0.1, 0.15) is 6.10 Å². The lowest BCUT2D eigenvalue weighted by Crippen LogP contribution is -2.23. The maximum Gasteiger partial charge on any atom is 0.102 e. The summed E-state index contributed by atoms with van der Waals surface area (Å²) in [5.41, 5.74) is 1.61. The van der Waals surface area contributed by atoms with Gasteiger partial charge in [0.15, 0.2) is 0 Å². The molecule has 1 rings (SSSR count). The van der Waals surface area contributed by atoms with E-state index in [0.717, 1.165) is 5.56 Å². The highest BCUT2D eigenvalue weighted by Gasteiger charge is 2.13. The Bertz CT molecular complexity index is 357. The van der Waals surface area contributed by atoms with E-state index in [2.05, 4.69) is 11.7 Å². The zero-order valence-electron chi connectivity index (χ0n) is 9.80. The molecule has 0 amide bonds. The van der Waals surface area contributed by atoms with E-state index in [9.17, 15) is 5.11 Å². The van der Waals surface area contributed by atoms with Crippen LogP contribution in [-0.2, 0) is 0 Å². The number of rotatable bonds is 5. The Kier molecular flexibility index (Phi) is 4.73. The average Bonchev–Trinajstić information content (AvgIpc) is 2.27. The van der Waals surface area contributed by atoms with E-state index >= 15 is 0 Å². The molecule has 0 bridgehead atoms. The highest BCUT2D eigenvalue weighted by atomic mass is 16.3. The van der Waals surface area contributed by atoms with Crippen LogP contribution in [0.5, 0.6) is 0 Å². The van der Waals surface area contributed by atoms with E-state index in [0.29, 0.717) is 12.1 Å². The molecule has 16 heavy (non-hydrogen) atoms. The van der Waals surface area contributed by atoms with Gasteiger partial charge >= 0.3 is 0 Å². The Morgan fingerprint density at radius 3 is 2.56 bits per heavy atom. The number of benzene rings is 1. The Balaban J connectivity index is 3.01. The molecule has 0 spiro atoms. The first kappa shape index (κ1) is 12.5. The van der Waals surface area contributed by atoms with Gasteiger partial charge in [-0.15, -0.1) is 6.58 Å². The van der Waals surface area contributed by atoms with Gasteiger partial charge in [-0.2, -0.15) is 5.10 Å². The highest BCUT2D eigenvalue weighted by molar-refractivity contribution is 6.03. The molecule has 0 heterocycles. The number of hydrazone groups is 1. The van der Waals surface area contributed by atoms with E-state index in [-0.39, 0.29) is 0 Å². The predicted molar refractivity (Wildman–Crippen MR) is 67.5 cm³/mol. The molecule has 86 valence electrons. The van der Waals surface area contributed by atoms with Crippen molar-refractivity contribution >= 4 is 5.71 Å². The summed E-state index contributed by atoms with van der Waals surface area (Å²) in [6, 6.07) is 9.68. The molecule has 0 aliphatic rings. The summed E-state index contributed by atoms with van der Waals surface area (Å²) >= 11 is 0. The van der Waals surface area contributed by atoms with E-state index < -0.39 is 6.10 Å². The lowest BCUT2D eigenvalue weighted by molar-refractivity contribution is 0.242. The van der Waals surface area contributed by atoms with Gasteiger partial charge in [-0.25, -0.2) is 0 Å². The van der Waals surface area contributed by atoms with Crippen molar-refractivity contribution in [2.45, 2.75) is 12.5 Å². The van der Waals surface area contributed by atoms with Crippen LogP contribution in [0.1, 0.15) is 12.0 Å². The van der Waals surface area contributed by atoms with Crippen molar-refractivity contribution in [3.8, 4) is 0 Å². The van der Waals surface area contributed by atoms with E-state index in [4.69, 9.17) is 0 Å². The first-order valence-electron chi connectivity index (χ1n) is 5.25. The monoisotopic (exact) mass is 218 g/mol. The van der Waals surface area contributed by atoms with Gasteiger partial charge in [-0.1, -0.05) is 36.4 Å². The SMILES string of the molecule is C=CCC(O)/C(=N\N(C)C)c1ccccc1. The van der Waals surface area contributed by atoms with Crippen molar-refractivity contribution in [1.82, 2.24) is 5.01 Å². The fraction of sp³-hybridized carbons (Fsp3) is 0.308. The lowest BCUT2D eigenvalue weighted by atomic mass is 10.0. The summed E-state index contributed by atoms with van der Waals surface area (Å²) in [5, 5.41) is 16.0. The maximum atomic E-state index is 9.98. The molecular formula is C13H18N2O. The van der Waals surface area contributed by atoms with Crippen LogP contribution >= 0.6 is 0 Å². The van der Waals surface area contributed by atoms with Crippen LogP contribution in [0.15, 0.2) is 48.1 Å². The summed E-state index contributed by atoms with van der Waals surface area (Å²) in [4.78, 5) is 0. The third kappa shape index (κ3) is 3.51. The normalized spacial score (nSPS) is 13.3. The molecule has 0 saturated carbocycles. The molecule has 1 aromatic carbocycles. The van der Waals surface area contributed by atoms with Crippen LogP contribution in [0.2, 0.25) is 0 Å². The smallest absolute Gasteiger partial charge is 0.102 e. The van der Waals surface area contributed by atoms with Crippen LogP contribution in [0.3, 0.4) is 0 Å². The molecule has 1 N–H and O–H groups in total. The summed E-state index contributed by atoms with van der Waals surface area (Å²) < 4.78 is 0. The Morgan fingerprint density at radius 1 is 1.44 bits per heavy atom. The van der Waals surface area contributed by atoms with Crippen LogP contribution < -0.4 is 0 Å². The van der Waals surface area contributed by atoms with Crippen molar-refractivity contribution in [1.29, 1.82) is 0 Å². The molecule has 3 heteroatoms. The van der Waals surface area contributed by atoms with E-state index in [1.54, 1.807) is 11.1 Å². The molecule has 1 atom stereocenters. The lowest BCUT2D eigenvalue weighted by Gasteiger charge is -2.15. The largest absolute Gasteiger partial charge is 0.386 e. The molecular weight excluding hydrogens is 200 g/mol. The fourth-order valence-electron chi connectivity index (χ4n) is 1.41. The summed E-state index contributed by atoms with van der Waals surface area (Å²) in [5.74, 6) is 0. The quantitative estimate of drug-likeness (QED) is 0.465. The first-order chi connectivity index (χ1) is 7.65. The predicted octanol–water partition coefficient (Wildman–Crippen LogP) is 1.89. The van der Waals surface area contributed by atoms with Gasteiger partial charge in [0.25, 0.3) is 0 Å². The number of hydrogen-bond acceptors (Lipinski definition) is 3. The minimum Gasteiger partial charge on any atom is -0.386 e. The van der Waals surface area contributed by atoms with Gasteiger partial charge < -0.3 is 10.1 Å². The van der Waals surface area contributed by atoms with Crippen molar-refractivity contribution in [2.24, 2.45) is 5.10 Å². The zero-order valence-corrected chi connectivity index (χ0v) is 9.80. The molecule has 0 aliphatic heterocycles. The van der Waals surface area contributed by atoms with Crippen LogP contribution in [0.25, 0.3) is 0 Å². The molecule has 0 radical (unpaired) electrons. The Hall–Kier alpha value is -1.61. The summed E-state index contributed by atoms with van der Waals surface area (Å²) in [7, 11) is 3.67. The van der Waals surface area contributed by atoms with Crippen molar-refractivity contribution in [3.05, 3.63) is 48.6 Å². The topological polar surface area (TPSA) is 35.8 Å². The number of nitrogens with zero attached hydrogens (tertiary/aromatic N) is 2. The fourth-order valence-corrected chi connectivity index (χ4v) is 1.41. The van der Waals surface area contributed by atoms with Gasteiger partial charge in [0.05, 0.1) is 5.71 Å². The third-order valence-electron chi connectivity index (χ3n) is 2.08. The second-order valence-electron chi connectivity index (χ2n) is 3.74. The van der Waals surface area contributed by atoms with Crippen molar-refractivity contribution in [3.63, 3.8) is 0 Å². The number of aliphatic hydroxyl groups is 1. The standard InChI is InChI=1S/C13H18N2O/c1-4-8-12(16)13(14-15(2)3)11-9-6-5-7-10-11/h4-7,9-10,12,16H,1,8H2,2-3H3/b14-13-. The first-order valence-corrected chi connectivity index (χ1v) is 5.25. The highest BCUT2D eigenvalue weighted by Crippen LogP contribution is 2.08. The van der Waals surface area contributed by atoms with Crippen LogP contribution in [-0.4, -0.2) is 36.0 Å². The minimum atomic E-state index is -0.609. The molecule has 1 unspecified atom stereocenters. The van der Waals surface area contributed by atoms with Gasteiger partial charge in [-0.05, 0) is 6.42 Å². The second-order valence-corrected chi connectivity index (χ2v) is 3.74. The average molecular weight is 218 g/mol. The molecule has 0 aliphatic carbocycles. The Morgan fingerprint density at radius 2 is 2.06 bits per heavy atom. The van der Waals surface area contributed by atoms with Crippen molar-refractivity contribution < 1.29 is 5.11 Å². The third-order valence-corrected chi connectivity index (χ3v) is 2.08. The zero-order chi connectivity index (χ0) is 12.0. The molecule has 3 nitrogen and oxygen atoms in total. The molecule has 0 fully saturated rings. The maximum absolute atomic E-state index is 9.98. The van der Waals surface area contributed by atoms with Gasteiger partial charge in [0, 0.05) is 19.7 Å². The summed E-state index contributed by atoms with van der Waals surface area (Å²) in [6.07, 6.45) is 1.59. The van der Waals surface area contributed by atoms with Crippen molar-refractivity contribution in [2.75, 3.05) is 14.1 Å². The summed E-state index contributed by atoms with van der Waals surface area (Å²) in [6.45, 7) is 3.63. The van der Waals surface area contributed by atoms with Gasteiger partial charge in [0.2, 0.25) is 0 Å². The Labute approximate surface area is 96.7 Å². The second kappa shape index (κ2) is 6.08. The molecule has 0 saturated heterocycles. The van der Waals surface area contributed by atoms with E-state index in [1.165, 1.54) is 0 Å². The number of hydrogen-bond donors (Lipinski definition) is 1.